The lowest BCUT2D eigenvalue weighted by Crippen LogP contribution is -2.48. The van der Waals surface area contributed by atoms with Crippen LogP contribution >= 0.6 is 0 Å². The maximum atomic E-state index is 14.1. The van der Waals surface area contributed by atoms with Gasteiger partial charge in [0.25, 0.3) is 5.92 Å². The fourth-order valence-corrected chi connectivity index (χ4v) is 2.30. The third-order valence-electron chi connectivity index (χ3n) is 3.59. The van der Waals surface area contributed by atoms with Crippen molar-refractivity contribution in [2.24, 2.45) is 5.73 Å². The van der Waals surface area contributed by atoms with Gasteiger partial charge in [-0.15, -0.1) is 0 Å². The van der Waals surface area contributed by atoms with Crippen LogP contribution in [0.3, 0.4) is 0 Å². The summed E-state index contributed by atoms with van der Waals surface area (Å²) in [4.78, 5) is 4.01. The Bertz CT molecular complexity index is 563. The number of nitrogens with two attached hydrogens (primary N) is 1. The van der Waals surface area contributed by atoms with Crippen LogP contribution in [-0.4, -0.2) is 28.2 Å². The summed E-state index contributed by atoms with van der Waals surface area (Å²) in [5, 5.41) is 9.89. The molecule has 0 saturated carbocycles. The van der Waals surface area contributed by atoms with Gasteiger partial charge < -0.3 is 10.8 Å². The highest BCUT2D eigenvalue weighted by Gasteiger charge is 2.41. The van der Waals surface area contributed by atoms with E-state index in [1.165, 1.54) is 0 Å². The molecule has 3 nitrogen and oxygen atoms in total. The van der Waals surface area contributed by atoms with Gasteiger partial charge in [0.2, 0.25) is 0 Å². The standard InChI is InChI=1S/C17H20F2N2O/c18-17(19,10-9-14-8-4-5-11-21-14)16(22)15(20)12-13-6-2-1-3-7-13/h1-8,11,15-16,22H,9-10,12,20H2/t15-,16+/m0/s1. The Hall–Kier alpha value is -1.85. The number of halogens is 2. The molecule has 0 saturated heterocycles. The molecule has 118 valence electrons. The van der Waals surface area contributed by atoms with Crippen LogP contribution in [0.5, 0.6) is 0 Å². The Labute approximate surface area is 128 Å². The van der Waals surface area contributed by atoms with Gasteiger partial charge in [0.1, 0.15) is 6.10 Å². The molecule has 0 radical (unpaired) electrons. The number of benzene rings is 1. The normalized spacial score (nSPS) is 14.5. The van der Waals surface area contributed by atoms with Crippen LogP contribution in [0.25, 0.3) is 0 Å². The van der Waals surface area contributed by atoms with Crippen molar-refractivity contribution < 1.29 is 13.9 Å². The van der Waals surface area contributed by atoms with Gasteiger partial charge in [0.15, 0.2) is 0 Å². The highest BCUT2D eigenvalue weighted by Crippen LogP contribution is 2.27. The molecule has 0 unspecified atom stereocenters. The lowest BCUT2D eigenvalue weighted by atomic mass is 9.95. The Morgan fingerprint density at radius 3 is 2.41 bits per heavy atom. The number of aromatic nitrogens is 1. The number of aliphatic hydroxyl groups is 1. The minimum atomic E-state index is -3.24. The molecule has 2 aromatic rings. The summed E-state index contributed by atoms with van der Waals surface area (Å²) < 4.78 is 28.2. The minimum absolute atomic E-state index is 0.100. The van der Waals surface area contributed by atoms with Gasteiger partial charge in [0.05, 0.1) is 0 Å². The molecule has 2 atom stereocenters. The second kappa shape index (κ2) is 7.42. The molecule has 0 fully saturated rings. The van der Waals surface area contributed by atoms with Crippen molar-refractivity contribution in [1.29, 1.82) is 0 Å². The van der Waals surface area contributed by atoms with E-state index in [1.807, 2.05) is 18.2 Å². The molecule has 0 amide bonds. The Morgan fingerprint density at radius 1 is 1.09 bits per heavy atom. The minimum Gasteiger partial charge on any atom is -0.385 e. The molecular formula is C17H20F2N2O. The largest absolute Gasteiger partial charge is 0.385 e. The van der Waals surface area contributed by atoms with E-state index in [0.717, 1.165) is 5.56 Å². The molecule has 0 bridgehead atoms. The molecule has 22 heavy (non-hydrogen) atoms. The zero-order valence-corrected chi connectivity index (χ0v) is 12.2. The van der Waals surface area contributed by atoms with Crippen molar-refractivity contribution in [3.8, 4) is 0 Å². The first kappa shape index (κ1) is 16.5. The molecule has 0 aliphatic heterocycles. The van der Waals surface area contributed by atoms with Gasteiger partial charge in [0, 0.05) is 24.4 Å². The average Bonchev–Trinajstić information content (AvgIpc) is 2.54. The summed E-state index contributed by atoms with van der Waals surface area (Å²) in [6, 6.07) is 13.2. The lowest BCUT2D eigenvalue weighted by Gasteiger charge is -2.27. The number of alkyl halides is 2. The van der Waals surface area contributed by atoms with Crippen molar-refractivity contribution in [2.45, 2.75) is 37.3 Å². The summed E-state index contributed by atoms with van der Waals surface area (Å²) >= 11 is 0. The first-order chi connectivity index (χ1) is 10.5. The molecule has 3 N–H and O–H groups in total. The molecule has 2 rings (SSSR count). The van der Waals surface area contributed by atoms with Crippen LogP contribution in [0.4, 0.5) is 8.78 Å². The van der Waals surface area contributed by atoms with Gasteiger partial charge in [-0.3, -0.25) is 4.98 Å². The highest BCUT2D eigenvalue weighted by molar-refractivity contribution is 5.16. The second-order valence-corrected chi connectivity index (χ2v) is 5.38. The molecule has 0 spiro atoms. The van der Waals surface area contributed by atoms with Crippen LogP contribution in [0.1, 0.15) is 17.7 Å². The smallest absolute Gasteiger partial charge is 0.275 e. The molecule has 1 aromatic carbocycles. The predicted molar refractivity (Wildman–Crippen MR) is 81.6 cm³/mol. The molecular weight excluding hydrogens is 286 g/mol. The number of rotatable bonds is 7. The predicted octanol–water partition coefficient (Wildman–Crippen LogP) is 2.58. The van der Waals surface area contributed by atoms with E-state index in [9.17, 15) is 13.9 Å². The van der Waals surface area contributed by atoms with E-state index in [4.69, 9.17) is 5.73 Å². The van der Waals surface area contributed by atoms with Crippen molar-refractivity contribution >= 4 is 0 Å². The van der Waals surface area contributed by atoms with Crippen LogP contribution < -0.4 is 5.73 Å². The summed E-state index contributed by atoms with van der Waals surface area (Å²) in [6.45, 7) is 0. The summed E-state index contributed by atoms with van der Waals surface area (Å²) in [5.74, 6) is -3.24. The van der Waals surface area contributed by atoms with Crippen molar-refractivity contribution in [1.82, 2.24) is 4.98 Å². The maximum Gasteiger partial charge on any atom is 0.275 e. The maximum absolute atomic E-state index is 14.1. The number of hydrogen-bond acceptors (Lipinski definition) is 3. The fraction of sp³-hybridized carbons (Fsp3) is 0.353. The van der Waals surface area contributed by atoms with Crippen molar-refractivity contribution in [2.75, 3.05) is 0 Å². The Balaban J connectivity index is 1.92. The van der Waals surface area contributed by atoms with E-state index >= 15 is 0 Å². The van der Waals surface area contributed by atoms with Gasteiger partial charge in [-0.2, -0.15) is 0 Å². The summed E-state index contributed by atoms with van der Waals surface area (Å²) in [6.07, 6.45) is -0.487. The Kier molecular flexibility index (Phi) is 5.57. The van der Waals surface area contributed by atoms with Gasteiger partial charge in [-0.25, -0.2) is 8.78 Å². The van der Waals surface area contributed by atoms with Crippen LogP contribution in [0.15, 0.2) is 54.7 Å². The van der Waals surface area contributed by atoms with E-state index in [2.05, 4.69) is 4.98 Å². The molecule has 0 aliphatic rings. The SMILES string of the molecule is N[C@@H](Cc1ccccc1)[C@@H](O)C(F)(F)CCc1ccccn1. The zero-order valence-electron chi connectivity index (χ0n) is 12.2. The summed E-state index contributed by atoms with van der Waals surface area (Å²) in [5.41, 5.74) is 7.16. The van der Waals surface area contributed by atoms with Gasteiger partial charge in [-0.05, 0) is 30.5 Å². The zero-order chi connectivity index (χ0) is 16.0. The number of pyridine rings is 1. The quantitative estimate of drug-likeness (QED) is 0.826. The fourth-order valence-electron chi connectivity index (χ4n) is 2.30. The van der Waals surface area contributed by atoms with Gasteiger partial charge in [-0.1, -0.05) is 36.4 Å². The second-order valence-electron chi connectivity index (χ2n) is 5.38. The average molecular weight is 306 g/mol. The third-order valence-corrected chi connectivity index (χ3v) is 3.59. The van der Waals surface area contributed by atoms with Gasteiger partial charge >= 0.3 is 0 Å². The van der Waals surface area contributed by atoms with Crippen molar-refractivity contribution in [3.05, 3.63) is 66.0 Å². The molecule has 0 aliphatic carbocycles. The lowest BCUT2D eigenvalue weighted by molar-refractivity contribution is -0.121. The monoisotopic (exact) mass is 306 g/mol. The molecule has 1 aromatic heterocycles. The van der Waals surface area contributed by atoms with E-state index in [1.54, 1.807) is 36.5 Å². The van der Waals surface area contributed by atoms with Crippen LogP contribution in [0, 0.1) is 0 Å². The third kappa shape index (κ3) is 4.58. The number of nitrogens with zero attached hydrogens (tertiary/aromatic N) is 1. The van der Waals surface area contributed by atoms with Crippen LogP contribution in [-0.2, 0) is 12.8 Å². The first-order valence-electron chi connectivity index (χ1n) is 7.24. The van der Waals surface area contributed by atoms with Crippen molar-refractivity contribution in [3.63, 3.8) is 0 Å². The Morgan fingerprint density at radius 2 is 1.77 bits per heavy atom. The number of aliphatic hydroxyl groups excluding tert-OH is 1. The van der Waals surface area contributed by atoms with E-state index in [0.29, 0.717) is 5.69 Å². The molecule has 1 heterocycles. The topological polar surface area (TPSA) is 59.1 Å². The number of aryl methyl sites for hydroxylation is 1. The van der Waals surface area contributed by atoms with Crippen LogP contribution in [0.2, 0.25) is 0 Å². The first-order valence-corrected chi connectivity index (χ1v) is 7.24. The summed E-state index contributed by atoms with van der Waals surface area (Å²) in [7, 11) is 0. The highest BCUT2D eigenvalue weighted by atomic mass is 19.3. The van der Waals surface area contributed by atoms with E-state index < -0.39 is 24.5 Å². The molecule has 5 heteroatoms. The number of hydrogen-bond donors (Lipinski definition) is 2. The van der Waals surface area contributed by atoms with E-state index in [-0.39, 0.29) is 12.8 Å².